The number of allylic oxidation sites excluding steroid dienone is 2. The van der Waals surface area contributed by atoms with Gasteiger partial charge in [-0.15, -0.1) is 0 Å². The number of halogens is 2. The van der Waals surface area contributed by atoms with Crippen molar-refractivity contribution in [2.24, 2.45) is 17.8 Å². The van der Waals surface area contributed by atoms with E-state index >= 15 is 0 Å². The molecule has 0 heterocycles. The van der Waals surface area contributed by atoms with Crippen LogP contribution < -0.4 is 0 Å². The van der Waals surface area contributed by atoms with Gasteiger partial charge >= 0.3 is 0 Å². The fourth-order valence-corrected chi connectivity index (χ4v) is 5.61. The van der Waals surface area contributed by atoms with E-state index in [4.69, 9.17) is 0 Å². The first-order valence-corrected chi connectivity index (χ1v) is 11.8. The van der Waals surface area contributed by atoms with Crippen LogP contribution in [0.1, 0.15) is 80.9 Å². The quantitative estimate of drug-likeness (QED) is 0.348. The Morgan fingerprint density at radius 2 is 1.55 bits per heavy atom. The molecule has 0 aromatic heterocycles. The van der Waals surface area contributed by atoms with E-state index in [2.05, 4.69) is 55.2 Å². The lowest BCUT2D eigenvalue weighted by atomic mass is 9.63. The van der Waals surface area contributed by atoms with Crippen LogP contribution in [0.5, 0.6) is 0 Å². The standard InChI is InChI=1S/C29H32F2/c1-2-3-4-5-22-10-14-27-20-26(16-15-25(27)18-22)24-12-8-21(9-13-24)6-7-23-11-17-28(30)29(31)19-23/h2-3,8-9,11-13,17,19,22,25-27H,4-5,10,14-16,18,20H2,1H3/b3-2+. The van der Waals surface area contributed by atoms with Crippen LogP contribution in [0.15, 0.2) is 54.6 Å². The molecule has 0 aliphatic heterocycles. The highest BCUT2D eigenvalue weighted by Gasteiger charge is 2.35. The highest BCUT2D eigenvalue weighted by molar-refractivity contribution is 5.44. The lowest BCUT2D eigenvalue weighted by Gasteiger charge is -2.42. The highest BCUT2D eigenvalue weighted by Crippen LogP contribution is 2.48. The molecule has 2 heteroatoms. The normalized spacial score (nSPS) is 25.6. The molecule has 0 bridgehead atoms. The van der Waals surface area contributed by atoms with Crippen molar-refractivity contribution in [1.82, 2.24) is 0 Å². The zero-order valence-electron chi connectivity index (χ0n) is 18.4. The molecule has 162 valence electrons. The van der Waals surface area contributed by atoms with Crippen molar-refractivity contribution in [2.45, 2.75) is 64.2 Å². The van der Waals surface area contributed by atoms with Gasteiger partial charge in [-0.3, -0.25) is 0 Å². The second kappa shape index (κ2) is 10.3. The van der Waals surface area contributed by atoms with Gasteiger partial charge in [0, 0.05) is 11.1 Å². The van der Waals surface area contributed by atoms with Gasteiger partial charge in [-0.25, -0.2) is 8.78 Å². The molecular formula is C29H32F2. The molecule has 0 radical (unpaired) electrons. The topological polar surface area (TPSA) is 0 Å². The minimum Gasteiger partial charge on any atom is -0.204 e. The van der Waals surface area contributed by atoms with E-state index in [0.717, 1.165) is 35.4 Å². The predicted octanol–water partition coefficient (Wildman–Crippen LogP) is 8.02. The molecule has 2 aliphatic rings. The summed E-state index contributed by atoms with van der Waals surface area (Å²) in [6.45, 7) is 2.12. The molecule has 4 atom stereocenters. The molecule has 0 nitrogen and oxygen atoms in total. The van der Waals surface area contributed by atoms with Gasteiger partial charge in [0.05, 0.1) is 0 Å². The molecule has 4 rings (SSSR count). The second-order valence-electron chi connectivity index (χ2n) is 9.36. The number of hydrogen-bond acceptors (Lipinski definition) is 0. The maximum absolute atomic E-state index is 13.3. The molecular weight excluding hydrogens is 386 g/mol. The Balaban J connectivity index is 1.33. The lowest BCUT2D eigenvalue weighted by Crippen LogP contribution is -2.30. The van der Waals surface area contributed by atoms with Gasteiger partial charge in [0.2, 0.25) is 0 Å². The first-order valence-electron chi connectivity index (χ1n) is 11.8. The molecule has 0 amide bonds. The Kier molecular flexibility index (Phi) is 7.23. The molecule has 0 spiro atoms. The van der Waals surface area contributed by atoms with E-state index in [-0.39, 0.29) is 0 Å². The second-order valence-corrected chi connectivity index (χ2v) is 9.36. The summed E-state index contributed by atoms with van der Waals surface area (Å²) >= 11 is 0. The number of fused-ring (bicyclic) bond motifs is 1. The monoisotopic (exact) mass is 418 g/mol. The Bertz CT molecular complexity index is 960. The zero-order chi connectivity index (χ0) is 21.6. The summed E-state index contributed by atoms with van der Waals surface area (Å²) < 4.78 is 26.4. The fourth-order valence-electron chi connectivity index (χ4n) is 5.61. The molecule has 2 aromatic carbocycles. The van der Waals surface area contributed by atoms with Crippen molar-refractivity contribution < 1.29 is 8.78 Å². The van der Waals surface area contributed by atoms with E-state index in [1.165, 1.54) is 63.0 Å². The van der Waals surface area contributed by atoms with Gasteiger partial charge in [0.25, 0.3) is 0 Å². The van der Waals surface area contributed by atoms with Crippen molar-refractivity contribution in [3.8, 4) is 11.8 Å². The van der Waals surface area contributed by atoms with Crippen LogP contribution in [0.4, 0.5) is 8.78 Å². The average molecular weight is 419 g/mol. The first-order chi connectivity index (χ1) is 15.1. The van der Waals surface area contributed by atoms with Crippen molar-refractivity contribution >= 4 is 0 Å². The summed E-state index contributed by atoms with van der Waals surface area (Å²) in [6.07, 6.45) is 15.3. The third kappa shape index (κ3) is 5.65. The third-order valence-corrected chi connectivity index (χ3v) is 7.35. The minimum absolute atomic E-state index is 0.489. The largest absolute Gasteiger partial charge is 0.204 e. The summed E-state index contributed by atoms with van der Waals surface area (Å²) in [6, 6.07) is 12.3. The van der Waals surface area contributed by atoms with Gasteiger partial charge in [-0.1, -0.05) is 42.5 Å². The molecule has 2 aliphatic carbocycles. The first kappa shape index (κ1) is 21.8. The van der Waals surface area contributed by atoms with Crippen LogP contribution in [-0.2, 0) is 0 Å². The number of rotatable bonds is 4. The molecule has 2 fully saturated rings. The van der Waals surface area contributed by atoms with Crippen LogP contribution >= 0.6 is 0 Å². The molecule has 2 saturated carbocycles. The number of benzene rings is 2. The average Bonchev–Trinajstić information content (AvgIpc) is 2.80. The fraction of sp³-hybridized carbons (Fsp3) is 0.448. The summed E-state index contributed by atoms with van der Waals surface area (Å²) in [5.74, 6) is 7.71. The van der Waals surface area contributed by atoms with E-state index in [1.54, 1.807) is 0 Å². The Hall–Kier alpha value is -2.40. The van der Waals surface area contributed by atoms with E-state index in [0.29, 0.717) is 11.5 Å². The molecule has 31 heavy (non-hydrogen) atoms. The van der Waals surface area contributed by atoms with Crippen LogP contribution in [0, 0.1) is 41.2 Å². The van der Waals surface area contributed by atoms with Crippen molar-refractivity contribution in [2.75, 3.05) is 0 Å². The molecule has 2 aromatic rings. The molecule has 4 unspecified atom stereocenters. The summed E-state index contributed by atoms with van der Waals surface area (Å²) in [5.41, 5.74) is 2.82. The van der Waals surface area contributed by atoms with E-state index < -0.39 is 11.6 Å². The van der Waals surface area contributed by atoms with Gasteiger partial charge in [0.15, 0.2) is 11.6 Å². The van der Waals surface area contributed by atoms with Crippen molar-refractivity contribution in [3.63, 3.8) is 0 Å². The van der Waals surface area contributed by atoms with Crippen LogP contribution in [0.25, 0.3) is 0 Å². The van der Waals surface area contributed by atoms with Gasteiger partial charge in [-0.2, -0.15) is 0 Å². The van der Waals surface area contributed by atoms with Gasteiger partial charge in [0.1, 0.15) is 0 Å². The lowest BCUT2D eigenvalue weighted by molar-refractivity contribution is 0.115. The van der Waals surface area contributed by atoms with E-state index in [9.17, 15) is 8.78 Å². The Morgan fingerprint density at radius 3 is 2.32 bits per heavy atom. The summed E-state index contributed by atoms with van der Waals surface area (Å²) in [5, 5.41) is 0. The van der Waals surface area contributed by atoms with E-state index in [1.807, 2.05) is 0 Å². The van der Waals surface area contributed by atoms with Gasteiger partial charge < -0.3 is 0 Å². The van der Waals surface area contributed by atoms with Crippen LogP contribution in [0.2, 0.25) is 0 Å². The SMILES string of the molecule is C/C=C/CCC1CCC2CC(c3ccc(C#Cc4ccc(F)c(F)c4)cc3)CCC2C1. The van der Waals surface area contributed by atoms with Crippen LogP contribution in [-0.4, -0.2) is 0 Å². The third-order valence-electron chi connectivity index (χ3n) is 7.35. The molecule has 0 saturated heterocycles. The Labute approximate surface area is 185 Å². The maximum atomic E-state index is 13.3. The summed E-state index contributed by atoms with van der Waals surface area (Å²) in [7, 11) is 0. The van der Waals surface area contributed by atoms with Gasteiger partial charge in [-0.05, 0) is 111 Å². The minimum atomic E-state index is -0.857. The van der Waals surface area contributed by atoms with Crippen molar-refractivity contribution in [3.05, 3.63) is 82.9 Å². The maximum Gasteiger partial charge on any atom is 0.160 e. The molecule has 0 N–H and O–H groups in total. The summed E-state index contributed by atoms with van der Waals surface area (Å²) in [4.78, 5) is 0. The predicted molar refractivity (Wildman–Crippen MR) is 124 cm³/mol. The number of hydrogen-bond donors (Lipinski definition) is 0. The smallest absolute Gasteiger partial charge is 0.160 e. The van der Waals surface area contributed by atoms with Crippen LogP contribution in [0.3, 0.4) is 0 Å². The van der Waals surface area contributed by atoms with Crippen molar-refractivity contribution in [1.29, 1.82) is 0 Å². The zero-order valence-corrected chi connectivity index (χ0v) is 18.4. The Morgan fingerprint density at radius 1 is 0.839 bits per heavy atom. The highest BCUT2D eigenvalue weighted by atomic mass is 19.2.